The summed E-state index contributed by atoms with van der Waals surface area (Å²) < 4.78 is 5.38. The Hall–Kier alpha value is -1.22. The van der Waals surface area contributed by atoms with Gasteiger partial charge in [0, 0.05) is 6.54 Å². The van der Waals surface area contributed by atoms with Crippen LogP contribution in [-0.4, -0.2) is 20.2 Å². The highest BCUT2D eigenvalue weighted by atomic mass is 16.5. The summed E-state index contributed by atoms with van der Waals surface area (Å²) >= 11 is 0. The van der Waals surface area contributed by atoms with Crippen molar-refractivity contribution < 1.29 is 4.74 Å². The van der Waals surface area contributed by atoms with Crippen molar-refractivity contribution in [3.05, 3.63) is 35.3 Å². The second-order valence-corrected chi connectivity index (χ2v) is 5.17. The number of rotatable bonds is 7. The predicted octanol–water partition coefficient (Wildman–Crippen LogP) is 2.72. The van der Waals surface area contributed by atoms with Crippen molar-refractivity contribution in [2.24, 2.45) is 11.7 Å². The summed E-state index contributed by atoms with van der Waals surface area (Å²) in [5, 5.41) is 3.38. The lowest BCUT2D eigenvalue weighted by Crippen LogP contribution is -2.22. The predicted molar refractivity (Wildman–Crippen MR) is 77.0 cm³/mol. The van der Waals surface area contributed by atoms with Crippen LogP contribution >= 0.6 is 0 Å². The van der Waals surface area contributed by atoms with Gasteiger partial charge < -0.3 is 15.8 Å². The molecule has 0 aromatic rings. The molecule has 0 heterocycles. The standard InChI is InChI=1S/C15H26N2O/c1-12(2)10-17-11-14(9-16)8-15(18-3)7-13-5-4-6-13/h7-9,12,17H,4-6,10-11,16H2,1-3H3/b14-9+,15-8+. The first-order valence-electron chi connectivity index (χ1n) is 6.72. The Balaban J connectivity index is 2.52. The first-order chi connectivity index (χ1) is 8.65. The van der Waals surface area contributed by atoms with E-state index < -0.39 is 0 Å². The highest BCUT2D eigenvalue weighted by Gasteiger charge is 2.09. The number of nitrogens with two attached hydrogens (primary N) is 1. The molecule has 0 aliphatic heterocycles. The summed E-state index contributed by atoms with van der Waals surface area (Å²) in [4.78, 5) is 0. The van der Waals surface area contributed by atoms with Crippen LogP contribution in [0.1, 0.15) is 33.1 Å². The lowest BCUT2D eigenvalue weighted by Gasteiger charge is -2.16. The van der Waals surface area contributed by atoms with Gasteiger partial charge >= 0.3 is 0 Å². The van der Waals surface area contributed by atoms with E-state index in [9.17, 15) is 0 Å². The van der Waals surface area contributed by atoms with Crippen LogP contribution in [0.2, 0.25) is 0 Å². The van der Waals surface area contributed by atoms with Crippen LogP contribution in [0, 0.1) is 5.92 Å². The summed E-state index contributed by atoms with van der Waals surface area (Å²) in [5.41, 5.74) is 8.17. The minimum atomic E-state index is 0.645. The molecule has 0 aromatic carbocycles. The second-order valence-electron chi connectivity index (χ2n) is 5.17. The van der Waals surface area contributed by atoms with Crippen LogP contribution in [-0.2, 0) is 4.74 Å². The number of nitrogens with one attached hydrogen (secondary N) is 1. The van der Waals surface area contributed by atoms with Gasteiger partial charge in [0.2, 0.25) is 0 Å². The maximum Gasteiger partial charge on any atom is 0.119 e. The molecular formula is C15H26N2O. The maximum absolute atomic E-state index is 5.65. The van der Waals surface area contributed by atoms with Crippen molar-refractivity contribution in [3.8, 4) is 0 Å². The van der Waals surface area contributed by atoms with Gasteiger partial charge in [-0.15, -0.1) is 0 Å². The molecule has 0 saturated heterocycles. The first-order valence-corrected chi connectivity index (χ1v) is 6.72. The molecule has 0 spiro atoms. The third-order valence-corrected chi connectivity index (χ3v) is 3.00. The van der Waals surface area contributed by atoms with Gasteiger partial charge in [-0.05, 0) is 55.7 Å². The largest absolute Gasteiger partial charge is 0.497 e. The van der Waals surface area contributed by atoms with E-state index in [-0.39, 0.29) is 0 Å². The third kappa shape index (κ3) is 5.41. The average Bonchev–Trinajstić information content (AvgIpc) is 2.29. The molecule has 3 N–H and O–H groups in total. The molecule has 0 aromatic heterocycles. The normalized spacial score (nSPS) is 16.8. The number of ether oxygens (including phenoxy) is 1. The van der Waals surface area contributed by atoms with Gasteiger partial charge in [-0.25, -0.2) is 0 Å². The molecular weight excluding hydrogens is 224 g/mol. The van der Waals surface area contributed by atoms with Crippen LogP contribution < -0.4 is 11.1 Å². The van der Waals surface area contributed by atoms with Gasteiger partial charge in [0.25, 0.3) is 0 Å². The van der Waals surface area contributed by atoms with E-state index in [2.05, 4.69) is 25.2 Å². The lowest BCUT2D eigenvalue weighted by atomic mass is 9.92. The summed E-state index contributed by atoms with van der Waals surface area (Å²) in [6.07, 6.45) is 9.50. The van der Waals surface area contributed by atoms with Crippen LogP contribution in [0.5, 0.6) is 0 Å². The lowest BCUT2D eigenvalue weighted by molar-refractivity contribution is 0.305. The summed E-state index contributed by atoms with van der Waals surface area (Å²) in [7, 11) is 1.71. The van der Waals surface area contributed by atoms with Crippen molar-refractivity contribution in [2.75, 3.05) is 20.2 Å². The Bertz CT molecular complexity index is 334. The van der Waals surface area contributed by atoms with E-state index in [1.165, 1.54) is 24.8 Å². The van der Waals surface area contributed by atoms with E-state index in [1.807, 2.05) is 6.08 Å². The van der Waals surface area contributed by atoms with E-state index in [1.54, 1.807) is 13.3 Å². The molecule has 0 unspecified atom stereocenters. The zero-order valence-corrected chi connectivity index (χ0v) is 11.8. The third-order valence-electron chi connectivity index (χ3n) is 3.00. The number of allylic oxidation sites excluding steroid dienone is 2. The Morgan fingerprint density at radius 3 is 2.61 bits per heavy atom. The zero-order chi connectivity index (χ0) is 13.4. The molecule has 1 rings (SSSR count). The highest BCUT2D eigenvalue weighted by Crippen LogP contribution is 2.26. The van der Waals surface area contributed by atoms with Gasteiger partial charge in [0.05, 0.1) is 7.11 Å². The van der Waals surface area contributed by atoms with Crippen LogP contribution in [0.25, 0.3) is 0 Å². The van der Waals surface area contributed by atoms with Crippen LogP contribution in [0.15, 0.2) is 35.3 Å². The minimum Gasteiger partial charge on any atom is -0.497 e. The number of hydrogen-bond acceptors (Lipinski definition) is 3. The molecule has 3 nitrogen and oxygen atoms in total. The fourth-order valence-electron chi connectivity index (χ4n) is 1.73. The summed E-state index contributed by atoms with van der Waals surface area (Å²) in [6, 6.07) is 0. The molecule has 1 saturated carbocycles. The van der Waals surface area contributed by atoms with Crippen LogP contribution in [0.4, 0.5) is 0 Å². The van der Waals surface area contributed by atoms with Gasteiger partial charge in [0.15, 0.2) is 0 Å². The number of methoxy groups -OCH3 is 1. The second kappa shape index (κ2) is 7.98. The molecule has 0 radical (unpaired) electrons. The van der Waals surface area contributed by atoms with Crippen LogP contribution in [0.3, 0.4) is 0 Å². The van der Waals surface area contributed by atoms with Crippen molar-refractivity contribution in [2.45, 2.75) is 33.1 Å². The molecule has 1 fully saturated rings. The summed E-state index contributed by atoms with van der Waals surface area (Å²) in [5.74, 6) is 1.54. The van der Waals surface area contributed by atoms with E-state index in [0.717, 1.165) is 24.4 Å². The minimum absolute atomic E-state index is 0.645. The van der Waals surface area contributed by atoms with Crippen molar-refractivity contribution in [3.63, 3.8) is 0 Å². The zero-order valence-electron chi connectivity index (χ0n) is 11.8. The van der Waals surface area contributed by atoms with E-state index in [4.69, 9.17) is 10.5 Å². The smallest absolute Gasteiger partial charge is 0.119 e. The van der Waals surface area contributed by atoms with E-state index in [0.29, 0.717) is 5.92 Å². The molecule has 102 valence electrons. The molecule has 0 atom stereocenters. The fourth-order valence-corrected chi connectivity index (χ4v) is 1.73. The first kappa shape index (κ1) is 14.8. The monoisotopic (exact) mass is 250 g/mol. The van der Waals surface area contributed by atoms with Gasteiger partial charge in [0.1, 0.15) is 5.76 Å². The van der Waals surface area contributed by atoms with Gasteiger partial charge in [-0.1, -0.05) is 19.4 Å². The van der Waals surface area contributed by atoms with Crippen molar-refractivity contribution >= 4 is 0 Å². The maximum atomic E-state index is 5.65. The molecule has 1 aliphatic rings. The highest BCUT2D eigenvalue weighted by molar-refractivity contribution is 5.30. The van der Waals surface area contributed by atoms with Crippen molar-refractivity contribution in [1.29, 1.82) is 0 Å². The Kier molecular flexibility index (Phi) is 6.58. The van der Waals surface area contributed by atoms with Gasteiger partial charge in [-0.2, -0.15) is 0 Å². The molecule has 3 heteroatoms. The quantitative estimate of drug-likeness (QED) is 0.539. The van der Waals surface area contributed by atoms with Gasteiger partial charge in [-0.3, -0.25) is 0 Å². The summed E-state index contributed by atoms with van der Waals surface area (Å²) in [6.45, 7) is 6.16. The average molecular weight is 250 g/mol. The van der Waals surface area contributed by atoms with E-state index >= 15 is 0 Å². The Morgan fingerprint density at radius 2 is 2.17 bits per heavy atom. The topological polar surface area (TPSA) is 47.3 Å². The Morgan fingerprint density at radius 1 is 1.44 bits per heavy atom. The Labute approximate surface area is 111 Å². The SMILES string of the molecule is CO/C(C=C1CCC1)=C/C(=C\N)CNCC(C)C. The molecule has 1 aliphatic carbocycles. The molecule has 0 amide bonds. The fraction of sp³-hybridized carbons (Fsp3) is 0.600. The van der Waals surface area contributed by atoms with Crippen molar-refractivity contribution in [1.82, 2.24) is 5.32 Å². The molecule has 0 bridgehead atoms. The molecule has 18 heavy (non-hydrogen) atoms. The number of hydrogen-bond donors (Lipinski definition) is 2.